The van der Waals surface area contributed by atoms with Crippen LogP contribution in [0.1, 0.15) is 40.2 Å². The van der Waals surface area contributed by atoms with Crippen molar-refractivity contribution in [2.75, 3.05) is 30.9 Å². The maximum absolute atomic E-state index is 12.3. The number of para-hydroxylation sites is 1. The van der Waals surface area contributed by atoms with Gasteiger partial charge in [-0.2, -0.15) is 4.98 Å². The number of nitrogens with zero attached hydrogens (tertiary/aromatic N) is 3. The number of hydrogen-bond donors (Lipinski definition) is 2. The number of aromatic nitrogens is 2. The molecule has 6 nitrogen and oxygen atoms in total. The van der Waals surface area contributed by atoms with Gasteiger partial charge in [0.2, 0.25) is 5.95 Å². The average molecular weight is 424 g/mol. The summed E-state index contributed by atoms with van der Waals surface area (Å²) in [4.78, 5) is 25.7. The molecule has 7 heteroatoms. The maximum Gasteiger partial charge on any atom is 0.261 e. The monoisotopic (exact) mass is 423 g/mol. The second-order valence-corrected chi connectivity index (χ2v) is 9.55. The van der Waals surface area contributed by atoms with Crippen LogP contribution in [0.2, 0.25) is 0 Å². The number of carbonyl (C=O) groups excluding carboxylic acids is 1. The fourth-order valence-corrected chi connectivity index (χ4v) is 4.82. The van der Waals surface area contributed by atoms with Gasteiger partial charge in [0.05, 0.1) is 10.4 Å². The molecular weight excluding hydrogens is 394 g/mol. The largest absolute Gasteiger partial charge is 0.362 e. The van der Waals surface area contributed by atoms with Gasteiger partial charge in [-0.1, -0.05) is 12.1 Å². The number of benzene rings is 1. The van der Waals surface area contributed by atoms with Crippen LogP contribution in [-0.4, -0.2) is 42.6 Å². The van der Waals surface area contributed by atoms with Gasteiger partial charge in [-0.25, -0.2) is 4.98 Å². The number of amides is 1. The molecule has 1 fully saturated rings. The van der Waals surface area contributed by atoms with Crippen molar-refractivity contribution in [3.05, 3.63) is 46.2 Å². The highest BCUT2D eigenvalue weighted by atomic mass is 32.1. The highest BCUT2D eigenvalue weighted by molar-refractivity contribution is 7.13. The summed E-state index contributed by atoms with van der Waals surface area (Å²) in [5.74, 6) is 2.21. The molecule has 1 saturated carbocycles. The maximum atomic E-state index is 12.3. The Labute approximate surface area is 181 Å². The van der Waals surface area contributed by atoms with E-state index in [2.05, 4.69) is 16.7 Å². The van der Waals surface area contributed by atoms with E-state index in [1.165, 1.54) is 4.88 Å². The molecule has 2 heterocycles. The summed E-state index contributed by atoms with van der Waals surface area (Å²) < 4.78 is 0. The molecule has 158 valence electrons. The lowest BCUT2D eigenvalue weighted by atomic mass is 9.86. The minimum absolute atomic E-state index is 0.0501. The van der Waals surface area contributed by atoms with Crippen LogP contribution in [0.4, 0.5) is 11.8 Å². The van der Waals surface area contributed by atoms with Crippen molar-refractivity contribution < 1.29 is 4.79 Å². The van der Waals surface area contributed by atoms with E-state index in [-0.39, 0.29) is 5.91 Å². The Bertz CT molecular complexity index is 1020. The Morgan fingerprint density at radius 2 is 1.87 bits per heavy atom. The fraction of sp³-hybridized carbons (Fsp3) is 0.435. The summed E-state index contributed by atoms with van der Waals surface area (Å²) >= 11 is 1.55. The minimum Gasteiger partial charge on any atom is -0.362 e. The minimum atomic E-state index is 0.0501. The number of hydrogen-bond acceptors (Lipinski definition) is 6. The first-order valence-electron chi connectivity index (χ1n) is 10.5. The Hall–Kier alpha value is -2.67. The summed E-state index contributed by atoms with van der Waals surface area (Å²) in [6.07, 6.45) is 4.31. The normalized spacial score (nSPS) is 18.9. The van der Waals surface area contributed by atoms with Crippen LogP contribution in [0.25, 0.3) is 10.9 Å². The van der Waals surface area contributed by atoms with Gasteiger partial charge >= 0.3 is 0 Å². The molecule has 30 heavy (non-hydrogen) atoms. The molecule has 1 amide bonds. The first-order valence-corrected chi connectivity index (χ1v) is 11.4. The van der Waals surface area contributed by atoms with Crippen LogP contribution in [0, 0.1) is 12.8 Å². The number of aryl methyl sites for hydroxylation is 1. The fourth-order valence-electron chi connectivity index (χ4n) is 4.04. The van der Waals surface area contributed by atoms with E-state index in [1.54, 1.807) is 11.3 Å². The van der Waals surface area contributed by atoms with Gasteiger partial charge in [-0.3, -0.25) is 4.79 Å². The second-order valence-electron chi connectivity index (χ2n) is 8.26. The van der Waals surface area contributed by atoms with Crippen molar-refractivity contribution in [2.24, 2.45) is 5.92 Å². The van der Waals surface area contributed by atoms with Crippen LogP contribution in [0.15, 0.2) is 36.4 Å². The first kappa shape index (κ1) is 20.6. The lowest BCUT2D eigenvalue weighted by molar-refractivity contribution is 0.0947. The summed E-state index contributed by atoms with van der Waals surface area (Å²) in [6.45, 7) is 2.77. The first-order chi connectivity index (χ1) is 14.5. The predicted molar refractivity (Wildman–Crippen MR) is 125 cm³/mol. The molecule has 0 saturated heterocycles. The SMILES string of the molecule is Cc1ccc(C(=O)NCC2CCC(Nc3nc(N(C)C)c4ccccc4n3)CC2)s1. The molecule has 1 aromatic carbocycles. The second kappa shape index (κ2) is 9.00. The zero-order chi connectivity index (χ0) is 21.1. The van der Waals surface area contributed by atoms with Crippen molar-refractivity contribution in [3.8, 4) is 0 Å². The molecule has 0 radical (unpaired) electrons. The zero-order valence-electron chi connectivity index (χ0n) is 17.8. The predicted octanol–water partition coefficient (Wildman–Crippen LogP) is 4.47. The van der Waals surface area contributed by atoms with Crippen molar-refractivity contribution >= 4 is 39.9 Å². The number of rotatable bonds is 6. The number of carbonyl (C=O) groups is 1. The van der Waals surface area contributed by atoms with E-state index in [0.29, 0.717) is 17.9 Å². The lowest BCUT2D eigenvalue weighted by Gasteiger charge is -2.29. The third-order valence-electron chi connectivity index (χ3n) is 5.70. The number of anilines is 2. The highest BCUT2D eigenvalue weighted by Crippen LogP contribution is 2.28. The number of fused-ring (bicyclic) bond motifs is 1. The molecular formula is C23H29N5OS. The van der Waals surface area contributed by atoms with Crippen LogP contribution in [0.5, 0.6) is 0 Å². The van der Waals surface area contributed by atoms with Crippen LogP contribution >= 0.6 is 11.3 Å². The molecule has 4 rings (SSSR count). The van der Waals surface area contributed by atoms with Gasteiger partial charge < -0.3 is 15.5 Å². The quantitative estimate of drug-likeness (QED) is 0.612. The van der Waals surface area contributed by atoms with Crippen LogP contribution in [-0.2, 0) is 0 Å². The zero-order valence-corrected chi connectivity index (χ0v) is 18.6. The topological polar surface area (TPSA) is 70.2 Å². The highest BCUT2D eigenvalue weighted by Gasteiger charge is 2.23. The van der Waals surface area contributed by atoms with Gasteiger partial charge in [0, 0.05) is 36.9 Å². The molecule has 3 aromatic rings. The van der Waals surface area contributed by atoms with Gasteiger partial charge in [0.25, 0.3) is 5.91 Å². The molecule has 0 bridgehead atoms. The molecule has 1 aliphatic rings. The molecule has 0 spiro atoms. The Morgan fingerprint density at radius 1 is 1.10 bits per heavy atom. The molecule has 1 aliphatic carbocycles. The molecule has 0 aliphatic heterocycles. The van der Waals surface area contributed by atoms with Crippen molar-refractivity contribution in [1.29, 1.82) is 0 Å². The van der Waals surface area contributed by atoms with Crippen LogP contribution < -0.4 is 15.5 Å². The summed E-state index contributed by atoms with van der Waals surface area (Å²) in [5.41, 5.74) is 0.957. The van der Waals surface area contributed by atoms with E-state index >= 15 is 0 Å². The molecule has 2 N–H and O–H groups in total. The lowest BCUT2D eigenvalue weighted by Crippen LogP contribution is -2.34. The Balaban J connectivity index is 1.32. The average Bonchev–Trinajstić information content (AvgIpc) is 3.19. The third kappa shape index (κ3) is 4.73. The van der Waals surface area contributed by atoms with Crippen molar-refractivity contribution in [1.82, 2.24) is 15.3 Å². The Morgan fingerprint density at radius 3 is 2.57 bits per heavy atom. The summed E-state index contributed by atoms with van der Waals surface area (Å²) in [7, 11) is 4.02. The van der Waals surface area contributed by atoms with E-state index in [0.717, 1.165) is 53.8 Å². The van der Waals surface area contributed by atoms with E-state index in [9.17, 15) is 4.79 Å². The Kier molecular flexibility index (Phi) is 6.18. The van der Waals surface area contributed by atoms with Gasteiger partial charge in [0.15, 0.2) is 0 Å². The smallest absolute Gasteiger partial charge is 0.261 e. The van der Waals surface area contributed by atoms with E-state index < -0.39 is 0 Å². The molecule has 0 unspecified atom stereocenters. The molecule has 2 aromatic heterocycles. The number of nitrogens with one attached hydrogen (secondary N) is 2. The van der Waals surface area contributed by atoms with Crippen LogP contribution in [0.3, 0.4) is 0 Å². The summed E-state index contributed by atoms with van der Waals surface area (Å²) in [5, 5.41) is 7.72. The van der Waals surface area contributed by atoms with E-state index in [1.807, 2.05) is 56.3 Å². The van der Waals surface area contributed by atoms with Gasteiger partial charge in [0.1, 0.15) is 5.82 Å². The van der Waals surface area contributed by atoms with Crippen molar-refractivity contribution in [3.63, 3.8) is 0 Å². The molecule has 0 atom stereocenters. The van der Waals surface area contributed by atoms with Crippen molar-refractivity contribution in [2.45, 2.75) is 38.6 Å². The standard InChI is InChI=1S/C23H29N5OS/c1-15-8-13-20(30-15)22(29)24-14-16-9-11-17(12-10-16)25-23-26-19-7-5-4-6-18(19)21(27-23)28(2)3/h4-8,13,16-17H,9-12,14H2,1-3H3,(H,24,29)(H,25,26,27). The number of thiophene rings is 1. The van der Waals surface area contributed by atoms with Gasteiger partial charge in [-0.05, 0) is 62.8 Å². The summed E-state index contributed by atoms with van der Waals surface area (Å²) in [6, 6.07) is 12.4. The van der Waals surface area contributed by atoms with E-state index in [4.69, 9.17) is 9.97 Å². The third-order valence-corrected chi connectivity index (χ3v) is 6.70. The van der Waals surface area contributed by atoms with Gasteiger partial charge in [-0.15, -0.1) is 11.3 Å².